The summed E-state index contributed by atoms with van der Waals surface area (Å²) >= 11 is 0. The fourth-order valence-corrected chi connectivity index (χ4v) is 0.655. The van der Waals surface area contributed by atoms with E-state index in [1.807, 2.05) is 0 Å². The van der Waals surface area contributed by atoms with Gasteiger partial charge in [0, 0.05) is 13.2 Å². The summed E-state index contributed by atoms with van der Waals surface area (Å²) in [6.45, 7) is 0. The first-order valence-electron chi connectivity index (χ1n) is 3.21. The summed E-state index contributed by atoms with van der Waals surface area (Å²) in [5, 5.41) is -0.0881. The Hall–Kier alpha value is -1.40. The van der Waals surface area contributed by atoms with Gasteiger partial charge in [-0.15, -0.1) is 0 Å². The van der Waals surface area contributed by atoms with Crippen molar-refractivity contribution >= 4 is 5.95 Å². The quantitative estimate of drug-likeness (QED) is 0.505. The third kappa shape index (κ3) is 2.27. The number of alkyl halides is 3. The van der Waals surface area contributed by atoms with E-state index >= 15 is 0 Å². The van der Waals surface area contributed by atoms with Crippen molar-refractivity contribution in [1.82, 2.24) is 9.97 Å². The largest absolute Gasteiger partial charge is 0.433 e. The molecule has 0 unspecified atom stereocenters. The number of hydrogen-bond acceptors (Lipinski definition) is 3. The number of anilines is 1. The zero-order chi connectivity index (χ0) is 10.1. The fourth-order valence-electron chi connectivity index (χ4n) is 0.655. The van der Waals surface area contributed by atoms with Gasteiger partial charge in [0.2, 0.25) is 0 Å². The molecule has 0 atom stereocenters. The Morgan fingerprint density at radius 3 is 2.46 bits per heavy atom. The monoisotopic (exact) mass is 195 g/mol. The number of hydrogen-bond donors (Lipinski definition) is 0. The number of aromatic nitrogens is 2. The maximum Gasteiger partial charge on any atom is 0.433 e. The summed E-state index contributed by atoms with van der Waals surface area (Å²) in [6.07, 6.45) is -3.73. The molecule has 0 saturated carbocycles. The third-order valence-corrected chi connectivity index (χ3v) is 1.21. The van der Waals surface area contributed by atoms with Crippen LogP contribution in [0, 0.1) is 0 Å². The second-order valence-electron chi connectivity index (χ2n) is 2.22. The predicted octanol–water partition coefficient (Wildman–Crippen LogP) is 1.82. The van der Waals surface area contributed by atoms with E-state index in [4.69, 9.17) is 0 Å². The highest BCUT2D eigenvalue weighted by atomic mass is 19.4. The lowest BCUT2D eigenvalue weighted by Crippen LogP contribution is -2.13. The van der Waals surface area contributed by atoms with Crippen molar-refractivity contribution in [3.8, 4) is 0 Å². The van der Waals surface area contributed by atoms with Gasteiger partial charge in [-0.3, -0.25) is 0 Å². The van der Waals surface area contributed by atoms with Crippen molar-refractivity contribution in [3.05, 3.63) is 18.0 Å². The molecule has 13 heavy (non-hydrogen) atoms. The normalized spacial score (nSPS) is 11.5. The molecule has 0 fully saturated rings. The van der Waals surface area contributed by atoms with Crippen molar-refractivity contribution in [2.24, 2.45) is 0 Å². The third-order valence-electron chi connectivity index (χ3n) is 1.21. The van der Waals surface area contributed by atoms with Crippen LogP contribution < -0.4 is 5.12 Å². The van der Waals surface area contributed by atoms with Crippen LogP contribution in [-0.2, 0) is 6.18 Å². The standard InChI is InChI=1S/C6H5F4N3/c1-13(10)5-11-3-2-4(12-5)6(7,8)9/h2-3H,1H3. The zero-order valence-corrected chi connectivity index (χ0v) is 6.51. The number of nitrogens with zero attached hydrogens (tertiary/aromatic N) is 3. The molecule has 7 heteroatoms. The van der Waals surface area contributed by atoms with Crippen molar-refractivity contribution in [2.45, 2.75) is 6.18 Å². The summed E-state index contributed by atoms with van der Waals surface area (Å²) in [5.74, 6) is -0.616. The van der Waals surface area contributed by atoms with Gasteiger partial charge in [-0.05, 0) is 6.07 Å². The summed E-state index contributed by atoms with van der Waals surface area (Å²) in [4.78, 5) is 6.25. The van der Waals surface area contributed by atoms with E-state index in [9.17, 15) is 17.7 Å². The van der Waals surface area contributed by atoms with Crippen molar-refractivity contribution in [2.75, 3.05) is 12.2 Å². The minimum Gasteiger partial charge on any atom is -0.219 e. The van der Waals surface area contributed by atoms with Crippen LogP contribution in [0.5, 0.6) is 0 Å². The summed E-state index contributed by atoms with van der Waals surface area (Å²) in [5.41, 5.74) is -1.16. The van der Waals surface area contributed by atoms with Crippen LogP contribution in [0.3, 0.4) is 0 Å². The number of halogens is 4. The maximum absolute atomic E-state index is 12.3. The Morgan fingerprint density at radius 1 is 1.38 bits per heavy atom. The smallest absolute Gasteiger partial charge is 0.219 e. The van der Waals surface area contributed by atoms with Crippen molar-refractivity contribution in [1.29, 1.82) is 0 Å². The van der Waals surface area contributed by atoms with Gasteiger partial charge in [0.25, 0.3) is 5.95 Å². The van der Waals surface area contributed by atoms with E-state index in [0.717, 1.165) is 13.2 Å². The first kappa shape index (κ1) is 9.69. The summed E-state index contributed by atoms with van der Waals surface area (Å²) in [7, 11) is 0.912. The van der Waals surface area contributed by atoms with Crippen LogP contribution in [0.25, 0.3) is 0 Å². The highest BCUT2D eigenvalue weighted by molar-refractivity contribution is 5.25. The van der Waals surface area contributed by atoms with Gasteiger partial charge >= 0.3 is 6.18 Å². The highest BCUT2D eigenvalue weighted by Crippen LogP contribution is 2.27. The minimum absolute atomic E-state index is 0.0881. The van der Waals surface area contributed by atoms with E-state index in [2.05, 4.69) is 9.97 Å². The molecular weight excluding hydrogens is 190 g/mol. The van der Waals surface area contributed by atoms with E-state index in [1.165, 1.54) is 0 Å². The van der Waals surface area contributed by atoms with E-state index < -0.39 is 17.8 Å². The Balaban J connectivity index is 3.06. The fraction of sp³-hybridized carbons (Fsp3) is 0.333. The van der Waals surface area contributed by atoms with Crippen LogP contribution in [0.4, 0.5) is 23.6 Å². The second-order valence-corrected chi connectivity index (χ2v) is 2.22. The molecule has 1 aromatic rings. The van der Waals surface area contributed by atoms with Crippen LogP contribution in [-0.4, -0.2) is 17.0 Å². The molecule has 3 nitrogen and oxygen atoms in total. The molecule has 0 aliphatic rings. The number of rotatable bonds is 1. The van der Waals surface area contributed by atoms with Gasteiger partial charge in [-0.25, -0.2) is 9.97 Å². The van der Waals surface area contributed by atoms with Gasteiger partial charge < -0.3 is 0 Å². The molecule has 72 valence electrons. The van der Waals surface area contributed by atoms with Gasteiger partial charge in [0.15, 0.2) is 0 Å². The van der Waals surface area contributed by atoms with Crippen LogP contribution >= 0.6 is 0 Å². The molecule has 0 amide bonds. The molecule has 0 aliphatic heterocycles. The molecule has 1 heterocycles. The van der Waals surface area contributed by atoms with Crippen molar-refractivity contribution < 1.29 is 17.7 Å². The van der Waals surface area contributed by atoms with Gasteiger partial charge in [-0.2, -0.15) is 18.3 Å². The van der Waals surface area contributed by atoms with E-state index in [0.29, 0.717) is 6.07 Å². The first-order chi connectivity index (χ1) is 5.91. The molecule has 0 aliphatic carbocycles. The SMILES string of the molecule is CN(F)c1nccc(C(F)(F)F)n1. The van der Waals surface area contributed by atoms with Gasteiger partial charge in [0.05, 0.1) is 0 Å². The Morgan fingerprint density at radius 2 is 2.00 bits per heavy atom. The Bertz CT molecular complexity index is 296. The Labute approximate surface area is 71.0 Å². The predicted molar refractivity (Wildman–Crippen MR) is 36.5 cm³/mol. The summed E-state index contributed by atoms with van der Waals surface area (Å²) < 4.78 is 48.3. The molecule has 1 rings (SSSR count). The van der Waals surface area contributed by atoms with Crippen molar-refractivity contribution in [3.63, 3.8) is 0 Å². The second kappa shape index (κ2) is 3.15. The highest BCUT2D eigenvalue weighted by Gasteiger charge is 2.33. The average Bonchev–Trinajstić information content (AvgIpc) is 2.03. The lowest BCUT2D eigenvalue weighted by Gasteiger charge is -2.08. The molecule has 0 aromatic carbocycles. The molecule has 0 spiro atoms. The minimum atomic E-state index is -4.58. The van der Waals surface area contributed by atoms with Crippen LogP contribution in [0.2, 0.25) is 0 Å². The molecule has 0 bridgehead atoms. The van der Waals surface area contributed by atoms with Crippen LogP contribution in [0.15, 0.2) is 12.3 Å². The lowest BCUT2D eigenvalue weighted by molar-refractivity contribution is -0.141. The maximum atomic E-state index is 12.3. The molecular formula is C6H5F4N3. The first-order valence-corrected chi connectivity index (χ1v) is 3.21. The summed E-state index contributed by atoms with van der Waals surface area (Å²) in [6, 6.07) is 0.674. The molecule has 0 N–H and O–H groups in total. The van der Waals surface area contributed by atoms with Crippen LogP contribution in [0.1, 0.15) is 5.69 Å². The molecule has 0 radical (unpaired) electrons. The average molecular weight is 195 g/mol. The topological polar surface area (TPSA) is 29.0 Å². The molecule has 1 aromatic heterocycles. The van der Waals surface area contributed by atoms with Gasteiger partial charge in [-0.1, -0.05) is 4.48 Å². The Kier molecular flexibility index (Phi) is 2.35. The molecule has 0 saturated heterocycles. The van der Waals surface area contributed by atoms with E-state index in [1.54, 1.807) is 0 Å². The van der Waals surface area contributed by atoms with E-state index in [-0.39, 0.29) is 5.12 Å². The van der Waals surface area contributed by atoms with Gasteiger partial charge in [0.1, 0.15) is 5.69 Å². The lowest BCUT2D eigenvalue weighted by atomic mass is 10.4. The zero-order valence-electron chi connectivity index (χ0n) is 6.51.